The molecule has 0 radical (unpaired) electrons. The number of nitrogens with zero attached hydrogens (tertiary/aromatic N) is 1. The van der Waals surface area contributed by atoms with Gasteiger partial charge in [-0.05, 0) is 17.7 Å². The first-order chi connectivity index (χ1) is 15.9. The highest BCUT2D eigenvalue weighted by molar-refractivity contribution is 6.22. The van der Waals surface area contributed by atoms with Gasteiger partial charge in [0.1, 0.15) is 5.69 Å². The average Bonchev–Trinajstić information content (AvgIpc) is 2.71. The minimum atomic E-state index is -7.80. The molecule has 3 atom stereocenters. The van der Waals surface area contributed by atoms with Gasteiger partial charge in [0.05, 0.1) is 12.0 Å². The van der Waals surface area contributed by atoms with Crippen LogP contribution in [0.5, 0.6) is 0 Å². The Bertz CT molecular complexity index is 959. The Morgan fingerprint density at radius 1 is 0.861 bits per heavy atom. The van der Waals surface area contributed by atoms with E-state index in [0.29, 0.717) is 12.1 Å². The summed E-state index contributed by atoms with van der Waals surface area (Å²) in [5.41, 5.74) is -0.407. The van der Waals surface area contributed by atoms with Crippen LogP contribution in [0, 0.1) is 16.3 Å². The fraction of sp³-hybridized carbons (Fsp3) is 0.533. The Labute approximate surface area is 196 Å². The molecule has 1 aromatic rings. The quantitative estimate of drug-likeness (QED) is 0.120. The van der Waals surface area contributed by atoms with Crippen LogP contribution in [-0.2, 0) is 0 Å². The van der Waals surface area contributed by atoms with E-state index in [1.807, 2.05) is 0 Å². The molecule has 0 fully saturated rings. The second kappa shape index (κ2) is 9.99. The summed E-state index contributed by atoms with van der Waals surface area (Å²) in [6, 6.07) is 2.03. The van der Waals surface area contributed by atoms with Gasteiger partial charge >= 0.3 is 35.0 Å². The number of hydrazone groups is 1. The maximum Gasteiger partial charge on any atom is 0.393 e. The van der Waals surface area contributed by atoms with Crippen LogP contribution in [0.25, 0.3) is 0 Å². The van der Waals surface area contributed by atoms with E-state index in [-0.39, 0.29) is 13.1 Å². The minimum Gasteiger partial charge on any atom is -0.595 e. The Morgan fingerprint density at radius 2 is 1.33 bits per heavy atom. The van der Waals surface area contributed by atoms with E-state index in [4.69, 9.17) is 10.4 Å². The maximum atomic E-state index is 14.1. The van der Waals surface area contributed by atoms with Crippen molar-refractivity contribution in [3.05, 3.63) is 28.6 Å². The standard InChI is InChI=1S/C15H13ClF12N4O4/c1-6(5-29-30-8-3-2-7(31(33)34)4-9(8)32(35)36)10(17,18)11(19,20)12(21,22)13(23,24)14(25,26)15(16,27)28/h2-6,30-33,35H,1H3/t6-/m1/s1. The molecule has 0 saturated carbocycles. The summed E-state index contributed by atoms with van der Waals surface area (Å²) in [6.45, 7) is -0.0345. The second-order valence-electron chi connectivity index (χ2n) is 6.97. The lowest BCUT2D eigenvalue weighted by Gasteiger charge is -2.41. The largest absolute Gasteiger partial charge is 0.595 e. The Hall–Kier alpha value is -2.10. The van der Waals surface area contributed by atoms with E-state index < -0.39 is 68.4 Å². The zero-order valence-electron chi connectivity index (χ0n) is 17.0. The van der Waals surface area contributed by atoms with Crippen molar-refractivity contribution in [2.24, 2.45) is 11.0 Å². The summed E-state index contributed by atoms with van der Waals surface area (Å²) in [5, 5.41) is 32.7. The third-order valence-electron chi connectivity index (χ3n) is 4.51. The normalized spacial score (nSPS) is 17.3. The Balaban J connectivity index is 3.30. The summed E-state index contributed by atoms with van der Waals surface area (Å²) < 4.78 is 161. The van der Waals surface area contributed by atoms with E-state index in [1.165, 1.54) is 0 Å². The van der Waals surface area contributed by atoms with Crippen LogP contribution in [0.3, 0.4) is 0 Å². The predicted molar refractivity (Wildman–Crippen MR) is 94.8 cm³/mol. The topological polar surface area (TPSA) is 120 Å². The molecule has 0 aliphatic heterocycles. The van der Waals surface area contributed by atoms with Gasteiger partial charge in [0.2, 0.25) is 0 Å². The number of hydrogen-bond acceptors (Lipinski definition) is 6. The van der Waals surface area contributed by atoms with Crippen LogP contribution in [0.15, 0.2) is 23.3 Å². The van der Waals surface area contributed by atoms with Crippen molar-refractivity contribution < 1.29 is 73.6 Å². The monoisotopic (exact) mass is 576 g/mol. The van der Waals surface area contributed by atoms with Gasteiger partial charge in [0, 0.05) is 12.3 Å². The summed E-state index contributed by atoms with van der Waals surface area (Å²) in [6.07, 6.45) is -0.340. The third-order valence-corrected chi connectivity index (χ3v) is 4.75. The molecular weight excluding hydrogens is 564 g/mol. The molecule has 208 valence electrons. The van der Waals surface area contributed by atoms with E-state index in [9.17, 15) is 63.1 Å². The highest BCUT2D eigenvalue weighted by Crippen LogP contribution is 2.61. The van der Waals surface area contributed by atoms with Gasteiger partial charge in [-0.3, -0.25) is 5.43 Å². The summed E-state index contributed by atoms with van der Waals surface area (Å²) in [5.74, 6) is -40.1. The molecule has 0 saturated heterocycles. The molecule has 0 aliphatic rings. The van der Waals surface area contributed by atoms with E-state index in [1.54, 1.807) is 5.43 Å². The van der Waals surface area contributed by atoms with Gasteiger partial charge < -0.3 is 10.4 Å². The number of nitrogens with one attached hydrogen (secondary N) is 3. The van der Waals surface area contributed by atoms with Crippen LogP contribution in [-0.4, -0.2) is 51.6 Å². The first-order valence-electron chi connectivity index (χ1n) is 8.73. The summed E-state index contributed by atoms with van der Waals surface area (Å²) >= 11 is 3.60. The Morgan fingerprint density at radius 3 is 1.75 bits per heavy atom. The van der Waals surface area contributed by atoms with Crippen molar-refractivity contribution in [3.8, 4) is 0 Å². The molecule has 0 aliphatic carbocycles. The SMILES string of the molecule is C[C@H](C=NNc1ccc([NH+]([O-])O)cc1[NH+]([O-])O)C(F)(F)C(F)(F)C(F)(F)C(F)(F)C(F)(F)C(F)(F)Cl. The van der Waals surface area contributed by atoms with Crippen molar-refractivity contribution in [1.29, 1.82) is 0 Å². The molecule has 21 heteroatoms. The van der Waals surface area contributed by atoms with Gasteiger partial charge in [0.15, 0.2) is 11.4 Å². The van der Waals surface area contributed by atoms with E-state index in [0.717, 1.165) is 6.07 Å². The predicted octanol–water partition coefficient (Wildman–Crippen LogP) is 3.54. The molecular formula is C15H13ClF12N4O4. The van der Waals surface area contributed by atoms with Gasteiger partial charge in [-0.2, -0.15) is 68.2 Å². The molecule has 0 spiro atoms. The van der Waals surface area contributed by atoms with Crippen molar-refractivity contribution in [3.63, 3.8) is 0 Å². The molecule has 5 N–H and O–H groups in total. The van der Waals surface area contributed by atoms with E-state index >= 15 is 0 Å². The highest BCUT2D eigenvalue weighted by atomic mass is 35.5. The fourth-order valence-electron chi connectivity index (χ4n) is 2.33. The van der Waals surface area contributed by atoms with Crippen molar-refractivity contribution in [1.82, 2.24) is 0 Å². The van der Waals surface area contributed by atoms with Gasteiger partial charge in [-0.15, -0.1) is 0 Å². The third kappa shape index (κ3) is 5.29. The van der Waals surface area contributed by atoms with Crippen molar-refractivity contribution in [2.75, 3.05) is 5.43 Å². The van der Waals surface area contributed by atoms with Crippen molar-refractivity contribution >= 4 is 34.9 Å². The number of quaternary nitrogens is 2. The fourth-order valence-corrected chi connectivity index (χ4v) is 2.45. The van der Waals surface area contributed by atoms with Crippen LogP contribution < -0.4 is 15.9 Å². The lowest BCUT2D eigenvalue weighted by molar-refractivity contribution is -0.996. The minimum absolute atomic E-state index is 0.0345. The number of alkyl halides is 13. The highest BCUT2D eigenvalue weighted by Gasteiger charge is 2.90. The number of hydrogen-bond donors (Lipinski definition) is 5. The smallest absolute Gasteiger partial charge is 0.393 e. The molecule has 0 heterocycles. The molecule has 1 aromatic carbocycles. The average molecular weight is 577 g/mol. The van der Waals surface area contributed by atoms with E-state index in [2.05, 4.69) is 16.7 Å². The molecule has 0 amide bonds. The summed E-state index contributed by atoms with van der Waals surface area (Å²) in [7, 11) is 0. The van der Waals surface area contributed by atoms with Crippen LogP contribution in [0.1, 0.15) is 6.92 Å². The lowest BCUT2D eigenvalue weighted by atomic mass is 9.89. The second-order valence-corrected chi connectivity index (χ2v) is 7.44. The lowest BCUT2D eigenvalue weighted by Crippen LogP contribution is -3.00. The number of benzene rings is 1. The van der Waals surface area contributed by atoms with Crippen LogP contribution >= 0.6 is 11.6 Å². The van der Waals surface area contributed by atoms with Gasteiger partial charge in [-0.25, -0.2) is 10.4 Å². The van der Waals surface area contributed by atoms with Gasteiger partial charge in [0.25, 0.3) is 0 Å². The number of halogens is 13. The van der Waals surface area contributed by atoms with Crippen molar-refractivity contribution in [2.45, 2.75) is 41.9 Å². The maximum absolute atomic E-state index is 14.1. The first kappa shape index (κ1) is 31.9. The number of rotatable bonds is 11. The zero-order chi connectivity index (χ0) is 28.7. The molecule has 0 aromatic heterocycles. The molecule has 8 nitrogen and oxygen atoms in total. The summed E-state index contributed by atoms with van der Waals surface area (Å²) in [4.78, 5) is 0. The van der Waals surface area contributed by atoms with Crippen LogP contribution in [0.2, 0.25) is 0 Å². The van der Waals surface area contributed by atoms with Gasteiger partial charge in [-0.1, -0.05) is 6.92 Å². The molecule has 1 rings (SSSR count). The number of anilines is 1. The zero-order valence-corrected chi connectivity index (χ0v) is 17.7. The van der Waals surface area contributed by atoms with Crippen LogP contribution in [0.4, 0.5) is 69.7 Å². The Kier molecular flexibility index (Phi) is 8.86. The molecule has 36 heavy (non-hydrogen) atoms. The molecule has 0 bridgehead atoms. The molecule has 2 unspecified atom stereocenters. The first-order valence-corrected chi connectivity index (χ1v) is 9.11.